The zero-order valence-electron chi connectivity index (χ0n) is 7.32. The van der Waals surface area contributed by atoms with Crippen LogP contribution in [0.1, 0.15) is 0 Å². The Kier molecular flexibility index (Phi) is 2.07. The summed E-state index contributed by atoms with van der Waals surface area (Å²) in [5, 5.41) is 0.716. The van der Waals surface area contributed by atoms with Crippen LogP contribution >= 0.6 is 0 Å². The van der Waals surface area contributed by atoms with E-state index in [1.807, 2.05) is 0 Å². The van der Waals surface area contributed by atoms with Crippen molar-refractivity contribution in [1.29, 1.82) is 0 Å². The summed E-state index contributed by atoms with van der Waals surface area (Å²) in [4.78, 5) is 4.00. The summed E-state index contributed by atoms with van der Waals surface area (Å²) in [5.41, 5.74) is 6.63. The summed E-state index contributed by atoms with van der Waals surface area (Å²) in [6, 6.07) is 3.49. The molecule has 0 aliphatic carbocycles. The quantitative estimate of drug-likeness (QED) is 0.798. The van der Waals surface area contributed by atoms with Crippen LogP contribution in [-0.4, -0.2) is 16.0 Å². The molecule has 0 saturated heterocycles. The molecule has 3 nitrogen and oxygen atoms in total. The molecule has 0 spiro atoms. The molecule has 74 valence electrons. The highest BCUT2D eigenvalue weighted by molar-refractivity contribution is 5.88. The van der Waals surface area contributed by atoms with Crippen LogP contribution in [0.3, 0.4) is 0 Å². The maximum absolute atomic E-state index is 12.2. The topological polar surface area (TPSA) is 43.8 Å². The molecule has 0 saturated carbocycles. The second-order valence-corrected chi connectivity index (χ2v) is 3.00. The summed E-state index contributed by atoms with van der Waals surface area (Å²) in [6.45, 7) is -0.370. The highest BCUT2D eigenvalue weighted by atomic mass is 19.3. The van der Waals surface area contributed by atoms with Gasteiger partial charge in [-0.3, -0.25) is 0 Å². The Hall–Kier alpha value is -1.65. The van der Waals surface area contributed by atoms with Crippen LogP contribution in [0, 0.1) is 0 Å². The maximum Gasteiger partial charge on any atom is 0.256 e. The molecule has 2 aromatic rings. The Balaban J connectivity index is 2.55. The van der Waals surface area contributed by atoms with Crippen LogP contribution in [0.15, 0.2) is 24.5 Å². The lowest BCUT2D eigenvalue weighted by molar-refractivity contribution is 0.128. The molecule has 0 aliphatic rings. The Morgan fingerprint density at radius 2 is 2.29 bits per heavy atom. The molecule has 2 aromatic heterocycles. The number of hydrogen-bond donors (Lipinski definition) is 1. The van der Waals surface area contributed by atoms with Gasteiger partial charge in [-0.2, -0.15) is 0 Å². The molecule has 2 N–H and O–H groups in total. The van der Waals surface area contributed by atoms with Gasteiger partial charge < -0.3 is 10.3 Å². The monoisotopic (exact) mass is 197 g/mol. The molecule has 0 fully saturated rings. The highest BCUT2D eigenvalue weighted by Crippen LogP contribution is 2.21. The number of anilines is 1. The zero-order chi connectivity index (χ0) is 10.1. The van der Waals surface area contributed by atoms with Crippen LogP contribution in [0.4, 0.5) is 14.5 Å². The fraction of sp³-hybridized carbons (Fsp3) is 0.222. The van der Waals surface area contributed by atoms with E-state index in [-0.39, 0.29) is 6.54 Å². The number of nitrogens with two attached hydrogens (primary N) is 1. The lowest BCUT2D eigenvalue weighted by atomic mass is 10.3. The minimum absolute atomic E-state index is 0.370. The average Bonchev–Trinajstić information content (AvgIpc) is 2.44. The first kappa shape index (κ1) is 8.93. The van der Waals surface area contributed by atoms with Gasteiger partial charge in [0.05, 0.1) is 12.2 Å². The van der Waals surface area contributed by atoms with Crippen molar-refractivity contribution in [2.75, 3.05) is 5.73 Å². The second-order valence-electron chi connectivity index (χ2n) is 3.00. The van der Waals surface area contributed by atoms with E-state index in [0.717, 1.165) is 0 Å². The van der Waals surface area contributed by atoms with Crippen molar-refractivity contribution in [1.82, 2.24) is 9.55 Å². The third-order valence-corrected chi connectivity index (χ3v) is 2.00. The number of pyridine rings is 1. The number of rotatable bonds is 2. The first-order chi connectivity index (χ1) is 6.68. The van der Waals surface area contributed by atoms with Crippen molar-refractivity contribution < 1.29 is 8.78 Å². The van der Waals surface area contributed by atoms with Gasteiger partial charge in [0.15, 0.2) is 0 Å². The fourth-order valence-corrected chi connectivity index (χ4v) is 1.44. The SMILES string of the molecule is Nc1cn(CC(F)F)c2ncccc12. The molecule has 2 rings (SSSR count). The lowest BCUT2D eigenvalue weighted by Crippen LogP contribution is -2.05. The number of halogens is 2. The van der Waals surface area contributed by atoms with Crippen molar-refractivity contribution in [3.8, 4) is 0 Å². The van der Waals surface area contributed by atoms with Gasteiger partial charge >= 0.3 is 0 Å². The average molecular weight is 197 g/mol. The third-order valence-electron chi connectivity index (χ3n) is 2.00. The molecular weight excluding hydrogens is 188 g/mol. The van der Waals surface area contributed by atoms with Crippen molar-refractivity contribution in [3.63, 3.8) is 0 Å². The Morgan fingerprint density at radius 1 is 1.50 bits per heavy atom. The molecule has 14 heavy (non-hydrogen) atoms. The van der Waals surface area contributed by atoms with Gasteiger partial charge in [-0.25, -0.2) is 13.8 Å². The van der Waals surface area contributed by atoms with Crippen molar-refractivity contribution in [2.24, 2.45) is 0 Å². The lowest BCUT2D eigenvalue weighted by Gasteiger charge is -2.01. The van der Waals surface area contributed by atoms with Crippen LogP contribution < -0.4 is 5.73 Å². The number of fused-ring (bicyclic) bond motifs is 1. The van der Waals surface area contributed by atoms with E-state index in [2.05, 4.69) is 4.98 Å². The van der Waals surface area contributed by atoms with Crippen LogP contribution in [0.2, 0.25) is 0 Å². The van der Waals surface area contributed by atoms with Crippen LogP contribution in [0.25, 0.3) is 11.0 Å². The summed E-state index contributed by atoms with van der Waals surface area (Å²) in [5.74, 6) is 0. The molecule has 0 unspecified atom stereocenters. The first-order valence-electron chi connectivity index (χ1n) is 4.16. The molecule has 2 heterocycles. The van der Waals surface area contributed by atoms with Crippen molar-refractivity contribution in [2.45, 2.75) is 13.0 Å². The second kappa shape index (κ2) is 3.25. The summed E-state index contributed by atoms with van der Waals surface area (Å²) in [7, 11) is 0. The van der Waals surface area contributed by atoms with Crippen molar-refractivity contribution in [3.05, 3.63) is 24.5 Å². The number of nitrogens with zero attached hydrogens (tertiary/aromatic N) is 2. The number of alkyl halides is 2. The van der Waals surface area contributed by atoms with Crippen LogP contribution in [0.5, 0.6) is 0 Å². The number of aromatic nitrogens is 2. The van der Waals surface area contributed by atoms with Gasteiger partial charge in [0.1, 0.15) is 5.65 Å². The van der Waals surface area contributed by atoms with Gasteiger partial charge in [0.2, 0.25) is 0 Å². The molecule has 0 aromatic carbocycles. The standard InChI is InChI=1S/C9H9F2N3/c10-8(11)5-14-4-7(12)6-2-1-3-13-9(6)14/h1-4,8H,5,12H2. The third kappa shape index (κ3) is 1.41. The summed E-state index contributed by atoms with van der Waals surface area (Å²) < 4.78 is 25.7. The largest absolute Gasteiger partial charge is 0.397 e. The van der Waals surface area contributed by atoms with Gasteiger partial charge in [0.25, 0.3) is 6.43 Å². The predicted octanol–water partition coefficient (Wildman–Crippen LogP) is 1.88. The summed E-state index contributed by atoms with van der Waals surface area (Å²) in [6.07, 6.45) is 0.653. The Morgan fingerprint density at radius 3 is 3.00 bits per heavy atom. The van der Waals surface area contributed by atoms with E-state index in [4.69, 9.17) is 5.73 Å². The van der Waals surface area contributed by atoms with Crippen molar-refractivity contribution >= 4 is 16.7 Å². The molecule has 0 atom stereocenters. The molecule has 0 amide bonds. The highest BCUT2D eigenvalue weighted by Gasteiger charge is 2.10. The minimum Gasteiger partial charge on any atom is -0.397 e. The molecule has 0 radical (unpaired) electrons. The molecule has 0 aliphatic heterocycles. The van der Waals surface area contributed by atoms with E-state index in [9.17, 15) is 8.78 Å². The Bertz CT molecular complexity index is 450. The molecule has 5 heteroatoms. The van der Waals surface area contributed by atoms with E-state index in [1.165, 1.54) is 10.8 Å². The van der Waals surface area contributed by atoms with Gasteiger partial charge in [0, 0.05) is 17.8 Å². The van der Waals surface area contributed by atoms with Gasteiger partial charge in [-0.15, -0.1) is 0 Å². The van der Waals surface area contributed by atoms with Crippen LogP contribution in [-0.2, 0) is 6.54 Å². The summed E-state index contributed by atoms with van der Waals surface area (Å²) >= 11 is 0. The Labute approximate surface area is 79.2 Å². The molecular formula is C9H9F2N3. The van der Waals surface area contributed by atoms with Gasteiger partial charge in [-0.1, -0.05) is 0 Å². The van der Waals surface area contributed by atoms with E-state index in [0.29, 0.717) is 16.7 Å². The predicted molar refractivity (Wildman–Crippen MR) is 50.1 cm³/mol. The number of hydrogen-bond acceptors (Lipinski definition) is 2. The normalized spacial score (nSPS) is 11.4. The fourth-order valence-electron chi connectivity index (χ4n) is 1.44. The molecule has 0 bridgehead atoms. The van der Waals surface area contributed by atoms with E-state index < -0.39 is 6.43 Å². The minimum atomic E-state index is -2.40. The first-order valence-corrected chi connectivity index (χ1v) is 4.16. The van der Waals surface area contributed by atoms with E-state index in [1.54, 1.807) is 18.3 Å². The van der Waals surface area contributed by atoms with E-state index >= 15 is 0 Å². The maximum atomic E-state index is 12.2. The van der Waals surface area contributed by atoms with Gasteiger partial charge in [-0.05, 0) is 12.1 Å². The number of nitrogen functional groups attached to an aromatic ring is 1. The zero-order valence-corrected chi connectivity index (χ0v) is 7.32. The smallest absolute Gasteiger partial charge is 0.256 e.